The number of amides is 1. The lowest BCUT2D eigenvalue weighted by Gasteiger charge is -2.31. The van der Waals surface area contributed by atoms with Crippen molar-refractivity contribution in [2.75, 3.05) is 66.4 Å². The molecule has 0 aromatic rings. The first-order valence-corrected chi connectivity index (χ1v) is 18.1. The van der Waals surface area contributed by atoms with Gasteiger partial charge in [-0.15, -0.1) is 0 Å². The highest BCUT2D eigenvalue weighted by molar-refractivity contribution is 8.00. The van der Waals surface area contributed by atoms with Crippen LogP contribution in [-0.4, -0.2) is 97.4 Å². The Labute approximate surface area is 249 Å². The van der Waals surface area contributed by atoms with E-state index in [0.29, 0.717) is 30.7 Å². The quantitative estimate of drug-likeness (QED) is 0.0678. The van der Waals surface area contributed by atoms with E-state index in [9.17, 15) is 14.3 Å². The van der Waals surface area contributed by atoms with E-state index >= 15 is 0 Å². The van der Waals surface area contributed by atoms with Crippen LogP contribution in [0.3, 0.4) is 0 Å². The van der Waals surface area contributed by atoms with Crippen LogP contribution in [-0.2, 0) is 18.3 Å². The van der Waals surface area contributed by atoms with E-state index in [1.165, 1.54) is 89.9 Å². The molecule has 9 nitrogen and oxygen atoms in total. The maximum Gasteiger partial charge on any atom is 0.472 e. The van der Waals surface area contributed by atoms with E-state index in [0.717, 1.165) is 18.6 Å². The maximum atomic E-state index is 12.5. The molecule has 1 fully saturated rings. The van der Waals surface area contributed by atoms with Crippen molar-refractivity contribution in [1.82, 2.24) is 4.90 Å². The standard InChI is InChI=1S/C29H59N2O6PS.H2O/c1-5-6-7-8-9-10-11-12-13-14-15-16-17-18-19-20-23-35-29(32)30-21-25-39-28(26-30)27-37-38(33,34)36-24-22-31(2,3)4;/h28H,5-27H2,1-4H3;1H2. The molecule has 0 saturated carbocycles. The van der Waals surface area contributed by atoms with Crippen LogP contribution in [0.1, 0.15) is 110 Å². The van der Waals surface area contributed by atoms with Crippen molar-refractivity contribution in [3.05, 3.63) is 0 Å². The minimum absolute atomic E-state index is 0. The molecular weight excluding hydrogens is 551 g/mol. The minimum atomic E-state index is -4.10. The van der Waals surface area contributed by atoms with Crippen molar-refractivity contribution < 1.29 is 38.0 Å². The summed E-state index contributed by atoms with van der Waals surface area (Å²) in [5.74, 6) is 0.750. The van der Waals surface area contributed by atoms with Gasteiger partial charge in [-0.2, -0.15) is 11.8 Å². The molecule has 1 aliphatic rings. The predicted octanol–water partition coefficient (Wildman–Crippen LogP) is 7.46. The van der Waals surface area contributed by atoms with Crippen molar-refractivity contribution in [2.24, 2.45) is 0 Å². The first-order chi connectivity index (χ1) is 18.6. The second-order valence-electron chi connectivity index (χ2n) is 12.0. The third-order valence-electron chi connectivity index (χ3n) is 7.06. The molecule has 240 valence electrons. The summed E-state index contributed by atoms with van der Waals surface area (Å²) in [6, 6.07) is 0. The molecule has 1 aliphatic heterocycles. The first kappa shape index (κ1) is 39.6. The van der Waals surface area contributed by atoms with Gasteiger partial charge in [0.05, 0.1) is 34.4 Å². The number of phosphoric acid groups is 1. The van der Waals surface area contributed by atoms with Crippen LogP contribution in [0.25, 0.3) is 0 Å². The Bertz CT molecular complexity index is 667. The van der Waals surface area contributed by atoms with Gasteiger partial charge in [-0.25, -0.2) is 9.36 Å². The monoisotopic (exact) mass is 612 g/mol. The molecule has 0 spiro atoms. The molecule has 1 amide bonds. The van der Waals surface area contributed by atoms with Gasteiger partial charge >= 0.3 is 13.9 Å². The van der Waals surface area contributed by atoms with Gasteiger partial charge in [-0.3, -0.25) is 9.05 Å². The number of ether oxygens (including phenoxy) is 1. The van der Waals surface area contributed by atoms with Crippen LogP contribution >= 0.6 is 19.6 Å². The largest absolute Gasteiger partial charge is 0.870 e. The summed E-state index contributed by atoms with van der Waals surface area (Å²) in [6.07, 6.45) is 20.8. The molecule has 0 aromatic carbocycles. The van der Waals surface area contributed by atoms with Gasteiger partial charge in [-0.05, 0) is 6.42 Å². The number of thioether (sulfide) groups is 1. The van der Waals surface area contributed by atoms with Crippen molar-refractivity contribution in [2.45, 2.75) is 115 Å². The number of rotatable bonds is 24. The van der Waals surface area contributed by atoms with E-state index in [1.807, 2.05) is 21.1 Å². The molecule has 2 N–H and O–H groups in total. The summed E-state index contributed by atoms with van der Waals surface area (Å²) in [5.41, 5.74) is 0. The Morgan fingerprint density at radius 1 is 0.850 bits per heavy atom. The van der Waals surface area contributed by atoms with Crippen molar-refractivity contribution in [3.8, 4) is 0 Å². The van der Waals surface area contributed by atoms with E-state index in [4.69, 9.17) is 13.8 Å². The molecule has 0 aromatic heterocycles. The third-order valence-corrected chi connectivity index (χ3v) is 9.22. The Balaban J connectivity index is 0.0000152. The number of hydrogen-bond acceptors (Lipinski definition) is 7. The van der Waals surface area contributed by atoms with Gasteiger partial charge in [-0.1, -0.05) is 103 Å². The van der Waals surface area contributed by atoms with Crippen LogP contribution in [0.5, 0.6) is 0 Å². The highest BCUT2D eigenvalue weighted by atomic mass is 32.2. The van der Waals surface area contributed by atoms with E-state index < -0.39 is 7.82 Å². The van der Waals surface area contributed by atoms with Crippen LogP contribution < -0.4 is 0 Å². The van der Waals surface area contributed by atoms with Gasteiger partial charge in [0, 0.05) is 24.1 Å². The molecule has 2 unspecified atom stereocenters. The van der Waals surface area contributed by atoms with Gasteiger partial charge < -0.3 is 24.5 Å². The SMILES string of the molecule is CCCCCCCCCCCCCCCCCCOC(=O)N1CCSC(COP(=O)(O)OCC[N+](C)(C)C)C1.[OH-]. The van der Waals surface area contributed by atoms with Crippen LogP contribution in [0.15, 0.2) is 0 Å². The number of likely N-dealkylation sites (N-methyl/N-ethyl adjacent to an activating group) is 1. The number of carbonyl (C=O) groups is 1. The molecule has 1 heterocycles. The van der Waals surface area contributed by atoms with Crippen LogP contribution in [0, 0.1) is 0 Å². The Kier molecular flexibility index (Phi) is 23.9. The molecule has 11 heteroatoms. The van der Waals surface area contributed by atoms with Crippen LogP contribution in [0.4, 0.5) is 4.79 Å². The molecule has 0 bridgehead atoms. The summed E-state index contributed by atoms with van der Waals surface area (Å²) < 4.78 is 28.5. The van der Waals surface area contributed by atoms with Crippen molar-refractivity contribution in [1.29, 1.82) is 0 Å². The Morgan fingerprint density at radius 3 is 1.85 bits per heavy atom. The highest BCUT2D eigenvalue weighted by Crippen LogP contribution is 2.43. The van der Waals surface area contributed by atoms with Gasteiger partial charge in [0.2, 0.25) is 0 Å². The molecule has 0 radical (unpaired) electrons. The number of hydrogen-bond donors (Lipinski definition) is 1. The van der Waals surface area contributed by atoms with Crippen molar-refractivity contribution in [3.63, 3.8) is 0 Å². The second-order valence-corrected chi connectivity index (χ2v) is 14.8. The summed E-state index contributed by atoms with van der Waals surface area (Å²) in [6.45, 7) is 4.60. The summed E-state index contributed by atoms with van der Waals surface area (Å²) in [7, 11) is 1.86. The topological polar surface area (TPSA) is 115 Å². The summed E-state index contributed by atoms with van der Waals surface area (Å²) >= 11 is 1.64. The Hall–Kier alpha value is -0.350. The summed E-state index contributed by atoms with van der Waals surface area (Å²) in [5, 5.41) is -0.0793. The molecule has 1 saturated heterocycles. The predicted molar refractivity (Wildman–Crippen MR) is 165 cm³/mol. The Morgan fingerprint density at radius 2 is 1.35 bits per heavy atom. The fourth-order valence-electron chi connectivity index (χ4n) is 4.53. The normalized spacial score (nSPS) is 17.3. The molecule has 40 heavy (non-hydrogen) atoms. The zero-order valence-electron chi connectivity index (χ0n) is 26.0. The molecule has 2 atom stereocenters. The van der Waals surface area contributed by atoms with E-state index in [1.54, 1.807) is 16.7 Å². The van der Waals surface area contributed by atoms with E-state index in [2.05, 4.69) is 6.92 Å². The lowest BCUT2D eigenvalue weighted by atomic mass is 10.0. The van der Waals surface area contributed by atoms with E-state index in [-0.39, 0.29) is 30.0 Å². The van der Waals surface area contributed by atoms with Gasteiger partial charge in [0.25, 0.3) is 0 Å². The number of unbranched alkanes of at least 4 members (excludes halogenated alkanes) is 15. The fraction of sp³-hybridized carbons (Fsp3) is 0.966. The zero-order valence-corrected chi connectivity index (χ0v) is 27.7. The summed E-state index contributed by atoms with van der Waals surface area (Å²) in [4.78, 5) is 24.1. The lowest BCUT2D eigenvalue weighted by Crippen LogP contribution is -2.43. The number of quaternary nitrogens is 1. The number of carbonyl (C=O) groups excluding carboxylic acids is 1. The average Bonchev–Trinajstić information content (AvgIpc) is 2.88. The number of phosphoric ester groups is 1. The minimum Gasteiger partial charge on any atom is -0.870 e. The first-order valence-electron chi connectivity index (χ1n) is 15.6. The average molecular weight is 613 g/mol. The second kappa shape index (κ2) is 24.1. The third kappa shape index (κ3) is 23.2. The molecule has 0 aliphatic carbocycles. The maximum absolute atomic E-state index is 12.5. The lowest BCUT2D eigenvalue weighted by molar-refractivity contribution is -0.870. The van der Waals surface area contributed by atoms with Crippen molar-refractivity contribution >= 4 is 25.7 Å². The number of nitrogens with zero attached hydrogens (tertiary/aromatic N) is 2. The molecular formula is C29H61N2O7PS. The molecule has 1 rings (SSSR count). The van der Waals surface area contributed by atoms with Gasteiger partial charge in [0.1, 0.15) is 13.2 Å². The van der Waals surface area contributed by atoms with Crippen LogP contribution in [0.2, 0.25) is 0 Å². The van der Waals surface area contributed by atoms with Gasteiger partial charge in [0.15, 0.2) is 0 Å². The highest BCUT2D eigenvalue weighted by Gasteiger charge is 2.29. The fourth-order valence-corrected chi connectivity index (χ4v) is 6.50. The zero-order chi connectivity index (χ0) is 28.8. The smallest absolute Gasteiger partial charge is 0.472 e.